The van der Waals surface area contributed by atoms with Gasteiger partial charge in [0.1, 0.15) is 6.23 Å². The van der Waals surface area contributed by atoms with E-state index in [1.54, 1.807) is 0 Å². The van der Waals surface area contributed by atoms with Crippen LogP contribution in [0.25, 0.3) is 0 Å². The fourth-order valence-corrected chi connectivity index (χ4v) is 4.88. The first-order chi connectivity index (χ1) is 11.9. The van der Waals surface area contributed by atoms with Gasteiger partial charge in [0.15, 0.2) is 0 Å². The zero-order valence-electron chi connectivity index (χ0n) is 16.9. The molecule has 3 rings (SSSR count). The van der Waals surface area contributed by atoms with Crippen LogP contribution in [0.5, 0.6) is 0 Å². The van der Waals surface area contributed by atoms with Gasteiger partial charge in [0, 0.05) is 57.9 Å². The number of likely N-dealkylation sites (tertiary alicyclic amines) is 1. The van der Waals surface area contributed by atoms with Crippen molar-refractivity contribution in [2.75, 3.05) is 52.4 Å². The van der Waals surface area contributed by atoms with Crippen LogP contribution in [0, 0.1) is 11.3 Å². The average molecular weight is 353 g/mol. The second kappa shape index (κ2) is 8.22. The lowest BCUT2D eigenvalue weighted by Crippen LogP contribution is -2.54. The number of hydrogen-bond acceptors (Lipinski definition) is 5. The standard InChI is InChI=1S/C20H40N4O/c1-16(2)19(25)21-18-13-20(14-18)5-6-23(15-20)8-7-22-9-11-24(12-10-22)17(3)4/h16-19,21,25H,5-15H2,1-4H3. The van der Waals surface area contributed by atoms with Crippen LogP contribution >= 0.6 is 0 Å². The Hall–Kier alpha value is -0.200. The summed E-state index contributed by atoms with van der Waals surface area (Å²) in [6.07, 6.45) is 3.51. The molecule has 0 aromatic carbocycles. The van der Waals surface area contributed by atoms with Gasteiger partial charge in [-0.05, 0) is 51.0 Å². The van der Waals surface area contributed by atoms with Crippen molar-refractivity contribution in [3.8, 4) is 0 Å². The monoisotopic (exact) mass is 352 g/mol. The molecule has 1 aliphatic carbocycles. The largest absolute Gasteiger partial charge is 0.378 e. The average Bonchev–Trinajstić information content (AvgIpc) is 2.97. The van der Waals surface area contributed by atoms with Gasteiger partial charge in [0.25, 0.3) is 0 Å². The summed E-state index contributed by atoms with van der Waals surface area (Å²) in [7, 11) is 0. The number of hydrogen-bond donors (Lipinski definition) is 2. The molecule has 2 heterocycles. The topological polar surface area (TPSA) is 42.0 Å². The van der Waals surface area contributed by atoms with E-state index in [2.05, 4.69) is 47.7 Å². The van der Waals surface area contributed by atoms with Gasteiger partial charge in [-0.15, -0.1) is 0 Å². The van der Waals surface area contributed by atoms with Crippen molar-refractivity contribution in [1.29, 1.82) is 0 Å². The van der Waals surface area contributed by atoms with Crippen LogP contribution in [-0.4, -0.2) is 90.5 Å². The second-order valence-corrected chi connectivity index (χ2v) is 9.46. The third-order valence-electron chi connectivity index (χ3n) is 6.78. The van der Waals surface area contributed by atoms with Crippen LogP contribution in [-0.2, 0) is 0 Å². The zero-order chi connectivity index (χ0) is 18.0. The Morgan fingerprint density at radius 1 is 0.960 bits per heavy atom. The third-order valence-corrected chi connectivity index (χ3v) is 6.78. The number of nitrogens with one attached hydrogen (secondary N) is 1. The summed E-state index contributed by atoms with van der Waals surface area (Å²) in [6.45, 7) is 18.7. The van der Waals surface area contributed by atoms with Gasteiger partial charge in [0.05, 0.1) is 0 Å². The molecule has 5 heteroatoms. The van der Waals surface area contributed by atoms with E-state index in [-0.39, 0.29) is 6.23 Å². The molecule has 2 N–H and O–H groups in total. The van der Waals surface area contributed by atoms with Crippen LogP contribution in [0.4, 0.5) is 0 Å². The molecule has 1 saturated carbocycles. The molecule has 0 aromatic rings. The quantitative estimate of drug-likeness (QED) is 0.679. The highest BCUT2D eigenvalue weighted by Crippen LogP contribution is 2.48. The molecule has 25 heavy (non-hydrogen) atoms. The van der Waals surface area contributed by atoms with Crippen molar-refractivity contribution in [2.45, 2.75) is 65.3 Å². The second-order valence-electron chi connectivity index (χ2n) is 9.46. The van der Waals surface area contributed by atoms with Gasteiger partial charge in [-0.25, -0.2) is 0 Å². The summed E-state index contributed by atoms with van der Waals surface area (Å²) >= 11 is 0. The van der Waals surface area contributed by atoms with Crippen molar-refractivity contribution in [3.63, 3.8) is 0 Å². The van der Waals surface area contributed by atoms with Gasteiger partial charge >= 0.3 is 0 Å². The molecule has 3 fully saturated rings. The Balaban J connectivity index is 1.32. The Morgan fingerprint density at radius 3 is 2.20 bits per heavy atom. The lowest BCUT2D eigenvalue weighted by molar-refractivity contribution is 0.0160. The van der Waals surface area contributed by atoms with Crippen LogP contribution < -0.4 is 5.32 Å². The summed E-state index contributed by atoms with van der Waals surface area (Å²) in [4.78, 5) is 7.92. The van der Waals surface area contributed by atoms with Gasteiger partial charge in [0.2, 0.25) is 0 Å². The van der Waals surface area contributed by atoms with E-state index in [4.69, 9.17) is 0 Å². The van der Waals surface area contributed by atoms with Crippen LogP contribution in [0.1, 0.15) is 47.0 Å². The summed E-state index contributed by atoms with van der Waals surface area (Å²) < 4.78 is 0. The lowest BCUT2D eigenvalue weighted by atomic mass is 9.65. The predicted octanol–water partition coefficient (Wildman–Crippen LogP) is 1.43. The van der Waals surface area contributed by atoms with Gasteiger partial charge < -0.3 is 10.0 Å². The fraction of sp³-hybridized carbons (Fsp3) is 1.00. The van der Waals surface area contributed by atoms with Crippen molar-refractivity contribution >= 4 is 0 Å². The van der Waals surface area contributed by atoms with Crippen LogP contribution in [0.15, 0.2) is 0 Å². The maximum atomic E-state index is 10.00. The van der Waals surface area contributed by atoms with Crippen molar-refractivity contribution in [3.05, 3.63) is 0 Å². The van der Waals surface area contributed by atoms with E-state index in [0.717, 1.165) is 0 Å². The fourth-order valence-electron chi connectivity index (χ4n) is 4.88. The number of nitrogens with zero attached hydrogens (tertiary/aromatic N) is 3. The molecule has 2 aliphatic heterocycles. The van der Waals surface area contributed by atoms with E-state index >= 15 is 0 Å². The number of aliphatic hydroxyl groups excluding tert-OH is 1. The maximum Gasteiger partial charge on any atom is 0.107 e. The maximum absolute atomic E-state index is 10.00. The summed E-state index contributed by atoms with van der Waals surface area (Å²) in [5, 5.41) is 13.4. The summed E-state index contributed by atoms with van der Waals surface area (Å²) in [5.74, 6) is 0.299. The molecule has 0 radical (unpaired) electrons. The zero-order valence-corrected chi connectivity index (χ0v) is 16.9. The number of piperazine rings is 1. The van der Waals surface area contributed by atoms with Gasteiger partial charge in [-0.2, -0.15) is 0 Å². The molecule has 2 saturated heterocycles. The molecule has 0 amide bonds. The minimum Gasteiger partial charge on any atom is -0.378 e. The highest BCUT2D eigenvalue weighted by molar-refractivity contribution is 5.03. The Labute approximate surface area is 154 Å². The summed E-state index contributed by atoms with van der Waals surface area (Å²) in [6, 6.07) is 1.22. The molecule has 0 bridgehead atoms. The van der Waals surface area contributed by atoms with E-state index in [1.807, 2.05) is 0 Å². The highest BCUT2D eigenvalue weighted by atomic mass is 16.3. The number of rotatable bonds is 7. The van der Waals surface area contributed by atoms with Crippen molar-refractivity contribution in [1.82, 2.24) is 20.0 Å². The Bertz CT molecular complexity index is 414. The first-order valence-corrected chi connectivity index (χ1v) is 10.5. The highest BCUT2D eigenvalue weighted by Gasteiger charge is 2.48. The summed E-state index contributed by atoms with van der Waals surface area (Å²) in [5.41, 5.74) is 0.546. The first-order valence-electron chi connectivity index (χ1n) is 10.5. The smallest absolute Gasteiger partial charge is 0.107 e. The van der Waals surface area contributed by atoms with Crippen LogP contribution in [0.3, 0.4) is 0 Å². The molecular formula is C20H40N4O. The Kier molecular flexibility index (Phi) is 6.43. The normalized spacial score (nSPS) is 33.5. The molecule has 0 aromatic heterocycles. The van der Waals surface area contributed by atoms with Crippen molar-refractivity contribution in [2.24, 2.45) is 11.3 Å². The minimum absolute atomic E-state index is 0.299. The molecule has 1 unspecified atom stereocenters. The SMILES string of the molecule is CC(C)C(O)NC1CC2(CCN(CCN3CCN(C(C)C)CC3)C2)C1. The molecule has 5 nitrogen and oxygen atoms in total. The van der Waals surface area contributed by atoms with E-state index in [1.165, 1.54) is 71.6 Å². The van der Waals surface area contributed by atoms with E-state index < -0.39 is 0 Å². The van der Waals surface area contributed by atoms with E-state index in [0.29, 0.717) is 23.4 Å². The number of aliphatic hydroxyl groups is 1. The Morgan fingerprint density at radius 2 is 1.60 bits per heavy atom. The van der Waals surface area contributed by atoms with E-state index in [9.17, 15) is 5.11 Å². The molecule has 1 atom stereocenters. The lowest BCUT2D eigenvalue weighted by Gasteiger charge is -2.47. The third kappa shape index (κ3) is 4.95. The van der Waals surface area contributed by atoms with Gasteiger partial charge in [-0.3, -0.25) is 15.1 Å². The van der Waals surface area contributed by atoms with Gasteiger partial charge in [-0.1, -0.05) is 13.8 Å². The molecule has 3 aliphatic rings. The van der Waals surface area contributed by atoms with Crippen molar-refractivity contribution < 1.29 is 5.11 Å². The minimum atomic E-state index is -0.343. The first kappa shape index (κ1) is 19.6. The molecule has 1 spiro atoms. The molecular weight excluding hydrogens is 312 g/mol. The molecule has 146 valence electrons. The predicted molar refractivity (Wildman–Crippen MR) is 104 cm³/mol. The van der Waals surface area contributed by atoms with Crippen LogP contribution in [0.2, 0.25) is 0 Å².